The highest BCUT2D eigenvalue weighted by atomic mass is 35.5. The predicted octanol–water partition coefficient (Wildman–Crippen LogP) is 2.68. The maximum atomic E-state index is 11.6. The van der Waals surface area contributed by atoms with E-state index in [9.17, 15) is 4.79 Å². The largest absolute Gasteiger partial charge is 0.368 e. The van der Waals surface area contributed by atoms with Gasteiger partial charge in [0, 0.05) is 29.3 Å². The van der Waals surface area contributed by atoms with Gasteiger partial charge in [-0.2, -0.15) is 0 Å². The minimum Gasteiger partial charge on any atom is -0.368 e. The van der Waals surface area contributed by atoms with E-state index in [1.165, 1.54) is 0 Å². The third-order valence-electron chi connectivity index (χ3n) is 3.75. The first kappa shape index (κ1) is 16.1. The second-order valence-corrected chi connectivity index (χ2v) is 7.07. The van der Waals surface area contributed by atoms with Gasteiger partial charge in [-0.05, 0) is 51.3 Å². The molecule has 0 saturated carbocycles. The molecule has 116 valence electrons. The number of nitrogens with zero attached hydrogens (tertiary/aromatic N) is 1. The van der Waals surface area contributed by atoms with E-state index in [4.69, 9.17) is 17.3 Å². The lowest BCUT2D eigenvalue weighted by Crippen LogP contribution is -2.41. The Bertz CT molecular complexity index is 525. The molecule has 3 N–H and O–H groups in total. The van der Waals surface area contributed by atoms with Gasteiger partial charge in [0.2, 0.25) is 5.91 Å². The fraction of sp³-hybridized carbons (Fsp3) is 0.562. The van der Waals surface area contributed by atoms with Crippen LogP contribution in [0.25, 0.3) is 0 Å². The summed E-state index contributed by atoms with van der Waals surface area (Å²) in [5, 5.41) is 4.16. The minimum atomic E-state index is -0.262. The maximum Gasteiger partial charge on any atom is 0.240 e. The summed E-state index contributed by atoms with van der Waals surface area (Å²) in [4.78, 5) is 13.7. The zero-order valence-electron chi connectivity index (χ0n) is 12.9. The summed E-state index contributed by atoms with van der Waals surface area (Å²) in [6, 6.07) is 5.62. The van der Waals surface area contributed by atoms with Gasteiger partial charge in [0.15, 0.2) is 0 Å². The average molecular weight is 310 g/mol. The third-order valence-corrected chi connectivity index (χ3v) is 3.98. The SMILES string of the molecule is CC(C)(C)NCc1ccc(Cl)cc1N1CCCC1C(N)=O. The van der Waals surface area contributed by atoms with E-state index in [2.05, 4.69) is 31.0 Å². The zero-order chi connectivity index (χ0) is 15.6. The number of halogens is 1. The topological polar surface area (TPSA) is 58.4 Å². The van der Waals surface area contributed by atoms with Crippen molar-refractivity contribution in [1.82, 2.24) is 5.32 Å². The lowest BCUT2D eigenvalue weighted by Gasteiger charge is -2.28. The quantitative estimate of drug-likeness (QED) is 0.899. The Morgan fingerprint density at radius 3 is 2.81 bits per heavy atom. The van der Waals surface area contributed by atoms with Crippen molar-refractivity contribution < 1.29 is 4.79 Å². The molecule has 1 aromatic carbocycles. The molecule has 1 aliphatic heterocycles. The zero-order valence-corrected chi connectivity index (χ0v) is 13.7. The molecule has 1 unspecified atom stereocenters. The Hall–Kier alpha value is -1.26. The molecule has 4 nitrogen and oxygen atoms in total. The molecule has 0 bridgehead atoms. The molecular weight excluding hydrogens is 286 g/mol. The van der Waals surface area contributed by atoms with Crippen LogP contribution in [0.1, 0.15) is 39.2 Å². The number of nitrogens with one attached hydrogen (secondary N) is 1. The van der Waals surface area contributed by atoms with Crippen molar-refractivity contribution in [2.75, 3.05) is 11.4 Å². The van der Waals surface area contributed by atoms with Crippen LogP contribution in [-0.2, 0) is 11.3 Å². The second-order valence-electron chi connectivity index (χ2n) is 6.63. The second kappa shape index (κ2) is 6.24. The Morgan fingerprint density at radius 2 is 2.19 bits per heavy atom. The van der Waals surface area contributed by atoms with Crippen LogP contribution in [0.15, 0.2) is 18.2 Å². The molecule has 0 aromatic heterocycles. The standard InChI is InChI=1S/C16H24ClN3O/c1-16(2,3)19-10-11-6-7-12(17)9-14(11)20-8-4-5-13(20)15(18)21/h6-7,9,13,19H,4-5,8,10H2,1-3H3,(H2,18,21). The smallest absolute Gasteiger partial charge is 0.240 e. The normalized spacial score (nSPS) is 19.0. The molecule has 1 atom stereocenters. The van der Waals surface area contributed by atoms with Crippen molar-refractivity contribution >= 4 is 23.2 Å². The summed E-state index contributed by atoms with van der Waals surface area (Å²) in [6.45, 7) is 7.97. The number of amides is 1. The van der Waals surface area contributed by atoms with Gasteiger partial charge in [-0.15, -0.1) is 0 Å². The molecular formula is C16H24ClN3O. The Kier molecular flexibility index (Phi) is 4.79. The Morgan fingerprint density at radius 1 is 1.48 bits per heavy atom. The van der Waals surface area contributed by atoms with E-state index in [1.807, 2.05) is 18.2 Å². The highest BCUT2D eigenvalue weighted by Gasteiger charge is 2.30. The molecule has 1 aliphatic rings. The minimum absolute atomic E-state index is 0.0327. The summed E-state index contributed by atoms with van der Waals surface area (Å²) in [5.41, 5.74) is 7.72. The summed E-state index contributed by atoms with van der Waals surface area (Å²) < 4.78 is 0. The van der Waals surface area contributed by atoms with Gasteiger partial charge in [0.25, 0.3) is 0 Å². The van der Waals surface area contributed by atoms with E-state index in [0.29, 0.717) is 5.02 Å². The number of rotatable bonds is 4. The summed E-state index contributed by atoms with van der Waals surface area (Å²) >= 11 is 6.15. The summed E-state index contributed by atoms with van der Waals surface area (Å²) in [6.07, 6.45) is 1.79. The molecule has 0 spiro atoms. The van der Waals surface area contributed by atoms with Crippen LogP contribution in [0.4, 0.5) is 5.69 Å². The van der Waals surface area contributed by atoms with Gasteiger partial charge in [-0.1, -0.05) is 17.7 Å². The first-order valence-corrected chi connectivity index (χ1v) is 7.75. The number of nitrogens with two attached hydrogens (primary N) is 1. The molecule has 1 amide bonds. The van der Waals surface area contributed by atoms with E-state index < -0.39 is 0 Å². The molecule has 2 rings (SSSR count). The van der Waals surface area contributed by atoms with Gasteiger partial charge in [-0.3, -0.25) is 4.79 Å². The predicted molar refractivity (Wildman–Crippen MR) is 87.6 cm³/mol. The van der Waals surface area contributed by atoms with Crippen LogP contribution < -0.4 is 16.0 Å². The number of anilines is 1. The van der Waals surface area contributed by atoms with Gasteiger partial charge in [-0.25, -0.2) is 0 Å². The van der Waals surface area contributed by atoms with Crippen molar-refractivity contribution in [2.45, 2.75) is 51.7 Å². The molecule has 0 radical (unpaired) electrons. The van der Waals surface area contributed by atoms with E-state index in [0.717, 1.165) is 37.2 Å². The summed E-state index contributed by atoms with van der Waals surface area (Å²) in [7, 11) is 0. The van der Waals surface area contributed by atoms with Crippen LogP contribution in [0.2, 0.25) is 5.02 Å². The fourth-order valence-corrected chi connectivity index (χ4v) is 2.83. The molecule has 21 heavy (non-hydrogen) atoms. The number of primary amides is 1. The maximum absolute atomic E-state index is 11.6. The molecule has 1 aromatic rings. The van der Waals surface area contributed by atoms with Crippen molar-refractivity contribution in [3.63, 3.8) is 0 Å². The first-order valence-electron chi connectivity index (χ1n) is 7.37. The lowest BCUT2D eigenvalue weighted by atomic mass is 10.1. The van der Waals surface area contributed by atoms with Crippen LogP contribution >= 0.6 is 11.6 Å². The lowest BCUT2D eigenvalue weighted by molar-refractivity contribution is -0.119. The van der Waals surface area contributed by atoms with Gasteiger partial charge < -0.3 is 16.0 Å². The van der Waals surface area contributed by atoms with Gasteiger partial charge in [0.1, 0.15) is 6.04 Å². The van der Waals surface area contributed by atoms with E-state index in [-0.39, 0.29) is 17.5 Å². The van der Waals surface area contributed by atoms with Gasteiger partial charge >= 0.3 is 0 Å². The molecule has 5 heteroatoms. The molecule has 1 saturated heterocycles. The highest BCUT2D eigenvalue weighted by Crippen LogP contribution is 2.31. The van der Waals surface area contributed by atoms with Crippen LogP contribution in [-0.4, -0.2) is 24.0 Å². The van der Waals surface area contributed by atoms with Crippen molar-refractivity contribution in [1.29, 1.82) is 0 Å². The fourth-order valence-electron chi connectivity index (χ4n) is 2.67. The number of carbonyl (C=O) groups is 1. The van der Waals surface area contributed by atoms with Crippen LogP contribution in [0.5, 0.6) is 0 Å². The van der Waals surface area contributed by atoms with Gasteiger partial charge in [0.05, 0.1) is 0 Å². The van der Waals surface area contributed by atoms with Crippen LogP contribution in [0, 0.1) is 0 Å². The van der Waals surface area contributed by atoms with Crippen molar-refractivity contribution in [2.24, 2.45) is 5.73 Å². The molecule has 0 aliphatic carbocycles. The molecule has 1 heterocycles. The first-order chi connectivity index (χ1) is 9.78. The third kappa shape index (κ3) is 4.11. The number of benzene rings is 1. The number of hydrogen-bond donors (Lipinski definition) is 2. The number of hydrogen-bond acceptors (Lipinski definition) is 3. The monoisotopic (exact) mass is 309 g/mol. The van der Waals surface area contributed by atoms with E-state index >= 15 is 0 Å². The Labute approximate surface area is 131 Å². The Balaban J connectivity index is 2.28. The summed E-state index contributed by atoms with van der Waals surface area (Å²) in [5.74, 6) is -0.262. The van der Waals surface area contributed by atoms with E-state index in [1.54, 1.807) is 0 Å². The van der Waals surface area contributed by atoms with Crippen LogP contribution in [0.3, 0.4) is 0 Å². The highest BCUT2D eigenvalue weighted by molar-refractivity contribution is 6.30. The number of carbonyl (C=O) groups excluding carboxylic acids is 1. The molecule has 1 fully saturated rings. The van der Waals surface area contributed by atoms with Crippen molar-refractivity contribution in [3.8, 4) is 0 Å². The average Bonchev–Trinajstić information content (AvgIpc) is 2.85. The van der Waals surface area contributed by atoms with Crippen molar-refractivity contribution in [3.05, 3.63) is 28.8 Å².